The van der Waals surface area contributed by atoms with Crippen molar-refractivity contribution in [2.75, 3.05) is 6.61 Å². The highest BCUT2D eigenvalue weighted by Gasteiger charge is 2.06. The average Bonchev–Trinajstić information content (AvgIpc) is 2.82. The van der Waals surface area contributed by atoms with Crippen LogP contribution < -0.4 is 5.32 Å². The number of aliphatic hydroxyl groups is 1. The molecule has 0 fully saturated rings. The highest BCUT2D eigenvalue weighted by atomic mass is 32.1. The Hall–Kier alpha value is -1.31. The number of aliphatic hydroxyl groups excluding tert-OH is 1. The van der Waals surface area contributed by atoms with E-state index in [9.17, 15) is 4.79 Å². The lowest BCUT2D eigenvalue weighted by Crippen LogP contribution is -2.22. The van der Waals surface area contributed by atoms with E-state index in [0.717, 1.165) is 16.9 Å². The molecule has 0 saturated heterocycles. The van der Waals surface area contributed by atoms with Crippen LogP contribution in [0.5, 0.6) is 0 Å². The Bertz CT molecular complexity index is 454. The van der Waals surface area contributed by atoms with Gasteiger partial charge < -0.3 is 10.4 Å². The van der Waals surface area contributed by atoms with Crippen LogP contribution in [0.15, 0.2) is 11.4 Å². The van der Waals surface area contributed by atoms with Gasteiger partial charge in [0.1, 0.15) is 0 Å². The van der Waals surface area contributed by atoms with E-state index in [0.29, 0.717) is 25.3 Å². The minimum atomic E-state index is 0.0818. The largest absolute Gasteiger partial charge is 0.395 e. The van der Waals surface area contributed by atoms with Crippen LogP contribution >= 0.6 is 11.3 Å². The second-order valence-electron chi connectivity index (χ2n) is 4.74. The SMILES string of the molecule is CC(C)CCC(=O)NCc1sccc1C#CCCO. The molecule has 0 spiro atoms. The Morgan fingerprint density at radius 1 is 1.53 bits per heavy atom. The van der Waals surface area contributed by atoms with Gasteiger partial charge in [-0.25, -0.2) is 0 Å². The molecule has 0 radical (unpaired) electrons. The average molecular weight is 279 g/mol. The molecule has 104 valence electrons. The lowest BCUT2D eigenvalue weighted by Gasteiger charge is -2.06. The van der Waals surface area contributed by atoms with E-state index in [-0.39, 0.29) is 12.5 Å². The monoisotopic (exact) mass is 279 g/mol. The molecule has 0 aromatic carbocycles. The van der Waals surface area contributed by atoms with E-state index >= 15 is 0 Å². The van der Waals surface area contributed by atoms with E-state index in [1.807, 2.05) is 11.4 Å². The highest BCUT2D eigenvalue weighted by Crippen LogP contribution is 2.15. The van der Waals surface area contributed by atoms with Gasteiger partial charge in [-0.05, 0) is 23.8 Å². The van der Waals surface area contributed by atoms with Crippen LogP contribution in [0.25, 0.3) is 0 Å². The summed E-state index contributed by atoms with van der Waals surface area (Å²) < 4.78 is 0. The van der Waals surface area contributed by atoms with Gasteiger partial charge in [-0.15, -0.1) is 11.3 Å². The summed E-state index contributed by atoms with van der Waals surface area (Å²) in [6.07, 6.45) is 1.98. The quantitative estimate of drug-likeness (QED) is 0.786. The maximum atomic E-state index is 11.6. The summed E-state index contributed by atoms with van der Waals surface area (Å²) >= 11 is 1.59. The van der Waals surface area contributed by atoms with Crippen molar-refractivity contribution in [1.82, 2.24) is 5.32 Å². The first-order valence-electron chi connectivity index (χ1n) is 6.56. The summed E-state index contributed by atoms with van der Waals surface area (Å²) in [6, 6.07) is 1.95. The number of carbonyl (C=O) groups is 1. The number of rotatable bonds is 6. The zero-order valence-corrected chi connectivity index (χ0v) is 12.3. The first-order valence-corrected chi connectivity index (χ1v) is 7.44. The normalized spacial score (nSPS) is 10.1. The molecule has 0 atom stereocenters. The Labute approximate surface area is 119 Å². The van der Waals surface area contributed by atoms with Crippen molar-refractivity contribution in [2.45, 2.75) is 39.7 Å². The molecular weight excluding hydrogens is 258 g/mol. The zero-order chi connectivity index (χ0) is 14.1. The van der Waals surface area contributed by atoms with Crippen LogP contribution in [0.4, 0.5) is 0 Å². The fraction of sp³-hybridized carbons (Fsp3) is 0.533. The Balaban J connectivity index is 2.43. The molecule has 1 aromatic rings. The second-order valence-corrected chi connectivity index (χ2v) is 5.74. The van der Waals surface area contributed by atoms with E-state index < -0.39 is 0 Å². The van der Waals surface area contributed by atoms with Gasteiger partial charge in [0.15, 0.2) is 0 Å². The second kappa shape index (κ2) is 8.73. The van der Waals surface area contributed by atoms with Crippen molar-refractivity contribution in [3.05, 3.63) is 21.9 Å². The number of thiophene rings is 1. The third-order valence-electron chi connectivity index (χ3n) is 2.60. The fourth-order valence-corrected chi connectivity index (χ4v) is 2.26. The predicted molar refractivity (Wildman–Crippen MR) is 78.8 cm³/mol. The zero-order valence-electron chi connectivity index (χ0n) is 11.5. The lowest BCUT2D eigenvalue weighted by molar-refractivity contribution is -0.121. The first-order chi connectivity index (χ1) is 9.13. The van der Waals surface area contributed by atoms with Crippen LogP contribution in [-0.2, 0) is 11.3 Å². The first kappa shape index (κ1) is 15.7. The van der Waals surface area contributed by atoms with Gasteiger partial charge in [0.05, 0.1) is 13.2 Å². The molecular formula is C15H21NO2S. The van der Waals surface area contributed by atoms with Crippen LogP contribution in [0.3, 0.4) is 0 Å². The minimum absolute atomic E-state index is 0.0818. The molecule has 1 heterocycles. The van der Waals surface area contributed by atoms with Crippen LogP contribution in [-0.4, -0.2) is 17.6 Å². The Morgan fingerprint density at radius 3 is 3.00 bits per heavy atom. The molecule has 0 aliphatic carbocycles. The summed E-state index contributed by atoms with van der Waals surface area (Å²) in [7, 11) is 0. The molecule has 3 nitrogen and oxygen atoms in total. The lowest BCUT2D eigenvalue weighted by atomic mass is 10.1. The number of nitrogens with one attached hydrogen (secondary N) is 1. The summed E-state index contributed by atoms with van der Waals surface area (Å²) in [4.78, 5) is 12.7. The fourth-order valence-electron chi connectivity index (χ4n) is 1.49. The van der Waals surface area contributed by atoms with Crippen molar-refractivity contribution < 1.29 is 9.90 Å². The highest BCUT2D eigenvalue weighted by molar-refractivity contribution is 7.10. The molecule has 2 N–H and O–H groups in total. The van der Waals surface area contributed by atoms with Crippen molar-refractivity contribution in [3.63, 3.8) is 0 Å². The molecule has 4 heteroatoms. The predicted octanol–water partition coefficient (Wildman–Crippen LogP) is 2.53. The van der Waals surface area contributed by atoms with Gasteiger partial charge in [-0.3, -0.25) is 4.79 Å². The maximum absolute atomic E-state index is 11.6. The maximum Gasteiger partial charge on any atom is 0.220 e. The summed E-state index contributed by atoms with van der Waals surface area (Å²) in [5.41, 5.74) is 0.947. The standard InChI is InChI=1S/C15H21NO2S/c1-12(2)6-7-15(18)16-11-14-13(8-10-19-14)5-3-4-9-17/h8,10,12,17H,4,6-7,9,11H2,1-2H3,(H,16,18). The van der Waals surface area contributed by atoms with Crippen LogP contribution in [0.2, 0.25) is 0 Å². The Kier molecular flexibility index (Phi) is 7.24. The molecule has 1 amide bonds. The number of hydrogen-bond acceptors (Lipinski definition) is 3. The Morgan fingerprint density at radius 2 is 2.32 bits per heavy atom. The molecule has 0 aliphatic heterocycles. The summed E-state index contributed by atoms with van der Waals surface area (Å²) in [5.74, 6) is 6.56. The smallest absolute Gasteiger partial charge is 0.220 e. The van der Waals surface area contributed by atoms with Crippen molar-refractivity contribution in [2.24, 2.45) is 5.92 Å². The molecule has 0 bridgehead atoms. The van der Waals surface area contributed by atoms with E-state index in [1.54, 1.807) is 11.3 Å². The van der Waals surface area contributed by atoms with E-state index in [2.05, 4.69) is 31.0 Å². The number of amides is 1. The molecule has 1 aromatic heterocycles. The number of carbonyl (C=O) groups excluding carboxylic acids is 1. The third-order valence-corrected chi connectivity index (χ3v) is 3.52. The van der Waals surface area contributed by atoms with Gasteiger partial charge >= 0.3 is 0 Å². The van der Waals surface area contributed by atoms with Crippen molar-refractivity contribution in [3.8, 4) is 11.8 Å². The molecule has 19 heavy (non-hydrogen) atoms. The van der Waals surface area contributed by atoms with E-state index in [1.165, 1.54) is 0 Å². The van der Waals surface area contributed by atoms with Gasteiger partial charge in [-0.1, -0.05) is 25.7 Å². The molecule has 0 aliphatic rings. The molecule has 1 rings (SSSR count). The summed E-state index contributed by atoms with van der Waals surface area (Å²) in [5, 5.41) is 13.6. The van der Waals surface area contributed by atoms with Gasteiger partial charge in [0, 0.05) is 23.3 Å². The minimum Gasteiger partial charge on any atom is -0.395 e. The number of hydrogen-bond donors (Lipinski definition) is 2. The van der Waals surface area contributed by atoms with Crippen LogP contribution in [0.1, 0.15) is 43.6 Å². The van der Waals surface area contributed by atoms with Gasteiger partial charge in [-0.2, -0.15) is 0 Å². The van der Waals surface area contributed by atoms with Crippen molar-refractivity contribution >= 4 is 17.2 Å². The third kappa shape index (κ3) is 6.42. The molecule has 0 saturated carbocycles. The van der Waals surface area contributed by atoms with Crippen LogP contribution in [0, 0.1) is 17.8 Å². The van der Waals surface area contributed by atoms with E-state index in [4.69, 9.17) is 5.11 Å². The van der Waals surface area contributed by atoms with Gasteiger partial charge in [0.25, 0.3) is 0 Å². The summed E-state index contributed by atoms with van der Waals surface area (Å²) in [6.45, 7) is 4.85. The van der Waals surface area contributed by atoms with Gasteiger partial charge in [0.2, 0.25) is 5.91 Å². The molecule has 0 unspecified atom stereocenters. The van der Waals surface area contributed by atoms with Crippen molar-refractivity contribution in [1.29, 1.82) is 0 Å². The topological polar surface area (TPSA) is 49.3 Å².